The third-order valence-corrected chi connectivity index (χ3v) is 3.97. The first-order chi connectivity index (χ1) is 9.47. The van der Waals surface area contributed by atoms with E-state index in [1.54, 1.807) is 0 Å². The van der Waals surface area contributed by atoms with Crippen molar-refractivity contribution in [2.75, 3.05) is 17.2 Å². The lowest BCUT2D eigenvalue weighted by molar-refractivity contribution is -0.117. The highest BCUT2D eigenvalue weighted by atomic mass is 32.2. The molecule has 1 aromatic rings. The van der Waals surface area contributed by atoms with E-state index in [2.05, 4.69) is 9.97 Å². The Bertz CT molecular complexity index is 511. The van der Waals surface area contributed by atoms with Crippen molar-refractivity contribution in [1.82, 2.24) is 9.97 Å². The van der Waals surface area contributed by atoms with Gasteiger partial charge in [0.25, 0.3) is 0 Å². The molecule has 20 heavy (non-hydrogen) atoms. The summed E-state index contributed by atoms with van der Waals surface area (Å²) in [6.45, 7) is 1.97. The second-order valence-corrected chi connectivity index (χ2v) is 5.76. The highest BCUT2D eigenvalue weighted by Gasteiger charge is 2.32. The number of nitrogens with zero attached hydrogens (tertiary/aromatic N) is 3. The molecule has 1 amide bonds. The van der Waals surface area contributed by atoms with E-state index in [-0.39, 0.29) is 28.4 Å². The van der Waals surface area contributed by atoms with Crippen molar-refractivity contribution >= 4 is 41.3 Å². The first kappa shape index (κ1) is 15.0. The lowest BCUT2D eigenvalue weighted by Gasteiger charge is -2.14. The monoisotopic (exact) mass is 295 g/mol. The number of carbonyl (C=O) groups excluding carboxylic acids is 2. The van der Waals surface area contributed by atoms with Crippen LogP contribution in [-0.2, 0) is 9.59 Å². The zero-order chi connectivity index (χ0) is 14.7. The van der Waals surface area contributed by atoms with Gasteiger partial charge in [-0.15, -0.1) is 0 Å². The number of amides is 1. The van der Waals surface area contributed by atoms with Gasteiger partial charge >= 0.3 is 7.12 Å². The summed E-state index contributed by atoms with van der Waals surface area (Å²) in [4.78, 5) is 32.2. The van der Waals surface area contributed by atoms with E-state index in [4.69, 9.17) is 10.0 Å². The van der Waals surface area contributed by atoms with E-state index >= 15 is 0 Å². The number of hydrogen-bond donors (Lipinski definition) is 2. The first-order valence-electron chi connectivity index (χ1n) is 6.09. The van der Waals surface area contributed by atoms with Crippen molar-refractivity contribution in [1.29, 1.82) is 0 Å². The molecule has 9 heteroatoms. The Labute approximate surface area is 120 Å². The van der Waals surface area contributed by atoms with Crippen LogP contribution in [0.5, 0.6) is 0 Å². The highest BCUT2D eigenvalue weighted by Crippen LogP contribution is 2.24. The number of carbonyl (C=O) groups is 2. The minimum Gasteiger partial charge on any atom is -0.423 e. The molecule has 1 aliphatic heterocycles. The Kier molecular flexibility index (Phi) is 4.74. The van der Waals surface area contributed by atoms with Gasteiger partial charge < -0.3 is 10.0 Å². The van der Waals surface area contributed by atoms with Gasteiger partial charge in [-0.05, 0) is 5.92 Å². The summed E-state index contributed by atoms with van der Waals surface area (Å²) in [6, 6.07) is 0. The number of hydrogen-bond acceptors (Lipinski definition) is 7. The topological polar surface area (TPSA) is 104 Å². The summed E-state index contributed by atoms with van der Waals surface area (Å²) < 4.78 is 0. The molecule has 0 spiro atoms. The van der Waals surface area contributed by atoms with E-state index in [0.29, 0.717) is 18.7 Å². The van der Waals surface area contributed by atoms with Crippen LogP contribution in [0.1, 0.15) is 13.3 Å². The molecule has 0 aromatic carbocycles. The summed E-state index contributed by atoms with van der Waals surface area (Å²) >= 11 is 1.21. The standard InChI is InChI=1S/C11H14BN3O4S/c1-7(16)20-6-8-2-10(17)15(5-8)11-13-3-9(4-14-11)12(18)19/h3-4,8,18-19H,2,5-6H2,1H3. The molecular formula is C11H14BN3O4S. The third kappa shape index (κ3) is 3.56. The fourth-order valence-corrected chi connectivity index (χ4v) is 2.62. The molecule has 1 fully saturated rings. The van der Waals surface area contributed by atoms with Crippen molar-refractivity contribution in [2.24, 2.45) is 5.92 Å². The zero-order valence-corrected chi connectivity index (χ0v) is 11.7. The summed E-state index contributed by atoms with van der Waals surface area (Å²) in [5, 5.41) is 17.9. The Hall–Kier alpha value is -1.45. The average molecular weight is 295 g/mol. The molecule has 1 aliphatic rings. The van der Waals surface area contributed by atoms with E-state index in [1.165, 1.54) is 36.0 Å². The van der Waals surface area contributed by atoms with Gasteiger partial charge in [0, 0.05) is 43.5 Å². The lowest BCUT2D eigenvalue weighted by Crippen LogP contribution is -2.33. The van der Waals surface area contributed by atoms with E-state index < -0.39 is 7.12 Å². The van der Waals surface area contributed by atoms with Crippen LogP contribution >= 0.6 is 11.8 Å². The fourth-order valence-electron chi connectivity index (χ4n) is 1.93. The van der Waals surface area contributed by atoms with E-state index in [0.717, 1.165) is 0 Å². The van der Waals surface area contributed by atoms with Gasteiger partial charge in [-0.3, -0.25) is 14.5 Å². The summed E-state index contributed by atoms with van der Waals surface area (Å²) in [5.74, 6) is 0.861. The average Bonchev–Trinajstić information content (AvgIpc) is 2.78. The number of thioether (sulfide) groups is 1. The van der Waals surface area contributed by atoms with Crippen LogP contribution in [0, 0.1) is 5.92 Å². The van der Waals surface area contributed by atoms with Crippen LogP contribution < -0.4 is 10.4 Å². The second-order valence-electron chi connectivity index (χ2n) is 4.57. The molecule has 1 aromatic heterocycles. The Morgan fingerprint density at radius 3 is 2.70 bits per heavy atom. The summed E-state index contributed by atoms with van der Waals surface area (Å²) in [5.41, 5.74) is 0.170. The molecule has 1 saturated heterocycles. The molecule has 7 nitrogen and oxygen atoms in total. The quantitative estimate of drug-likeness (QED) is 0.672. The molecule has 2 N–H and O–H groups in total. The molecule has 0 saturated carbocycles. The number of anilines is 1. The maximum absolute atomic E-state index is 11.9. The molecule has 2 heterocycles. The smallest absolute Gasteiger partial charge is 0.423 e. The van der Waals surface area contributed by atoms with Crippen LogP contribution in [0.4, 0.5) is 5.95 Å². The van der Waals surface area contributed by atoms with Crippen LogP contribution in [-0.4, -0.2) is 50.5 Å². The zero-order valence-electron chi connectivity index (χ0n) is 10.9. The highest BCUT2D eigenvalue weighted by molar-refractivity contribution is 8.13. The Morgan fingerprint density at radius 2 is 2.15 bits per heavy atom. The summed E-state index contributed by atoms with van der Waals surface area (Å²) in [7, 11) is -1.63. The van der Waals surface area contributed by atoms with Gasteiger partial charge in [0.05, 0.1) is 0 Å². The van der Waals surface area contributed by atoms with Crippen molar-refractivity contribution in [3.63, 3.8) is 0 Å². The van der Waals surface area contributed by atoms with Crippen molar-refractivity contribution in [2.45, 2.75) is 13.3 Å². The van der Waals surface area contributed by atoms with Gasteiger partial charge in [-0.2, -0.15) is 0 Å². The van der Waals surface area contributed by atoms with Crippen LogP contribution in [0.2, 0.25) is 0 Å². The molecule has 2 rings (SSSR count). The van der Waals surface area contributed by atoms with Gasteiger partial charge in [0.15, 0.2) is 5.12 Å². The van der Waals surface area contributed by atoms with Crippen LogP contribution in [0.3, 0.4) is 0 Å². The van der Waals surface area contributed by atoms with Gasteiger partial charge in [-0.25, -0.2) is 9.97 Å². The first-order valence-corrected chi connectivity index (χ1v) is 7.07. The molecule has 1 atom stereocenters. The Balaban J connectivity index is 2.02. The van der Waals surface area contributed by atoms with E-state index in [1.807, 2.05) is 0 Å². The minimum atomic E-state index is -1.63. The van der Waals surface area contributed by atoms with E-state index in [9.17, 15) is 9.59 Å². The maximum Gasteiger partial charge on any atom is 0.491 e. The van der Waals surface area contributed by atoms with Crippen LogP contribution in [0.25, 0.3) is 0 Å². The third-order valence-electron chi connectivity index (χ3n) is 2.93. The number of rotatable bonds is 4. The lowest BCUT2D eigenvalue weighted by atomic mass is 9.83. The van der Waals surface area contributed by atoms with Crippen molar-refractivity contribution in [3.8, 4) is 0 Å². The van der Waals surface area contributed by atoms with Crippen molar-refractivity contribution in [3.05, 3.63) is 12.4 Å². The SMILES string of the molecule is CC(=O)SCC1CC(=O)N(c2ncc(B(O)O)cn2)C1. The van der Waals surface area contributed by atoms with Gasteiger partial charge in [-0.1, -0.05) is 11.8 Å². The Morgan fingerprint density at radius 1 is 1.50 bits per heavy atom. The summed E-state index contributed by atoms with van der Waals surface area (Å²) in [6.07, 6.45) is 2.92. The van der Waals surface area contributed by atoms with Gasteiger partial charge in [0.1, 0.15) is 0 Å². The molecular weight excluding hydrogens is 281 g/mol. The van der Waals surface area contributed by atoms with Gasteiger partial charge in [0.2, 0.25) is 11.9 Å². The molecule has 1 unspecified atom stereocenters. The normalized spacial score (nSPS) is 18.4. The predicted octanol–water partition coefficient (Wildman–Crippen LogP) is -1.21. The molecule has 0 aliphatic carbocycles. The fraction of sp³-hybridized carbons (Fsp3) is 0.455. The largest absolute Gasteiger partial charge is 0.491 e. The predicted molar refractivity (Wildman–Crippen MR) is 75.5 cm³/mol. The van der Waals surface area contributed by atoms with Crippen LogP contribution in [0.15, 0.2) is 12.4 Å². The van der Waals surface area contributed by atoms with Crippen molar-refractivity contribution < 1.29 is 19.6 Å². The minimum absolute atomic E-state index is 0.0356. The number of aromatic nitrogens is 2. The molecule has 0 radical (unpaired) electrons. The second kappa shape index (κ2) is 6.34. The molecule has 0 bridgehead atoms. The maximum atomic E-state index is 11.9. The molecule has 106 valence electrons.